The Morgan fingerprint density at radius 2 is 1.50 bits per heavy atom. The second-order valence-electron chi connectivity index (χ2n) is 6.77. The number of carbonyl (C=O) groups is 2. The molecule has 0 aliphatic carbocycles. The van der Waals surface area contributed by atoms with E-state index in [1.807, 2.05) is 0 Å². The molecular weight excluding hydrogens is 448 g/mol. The van der Waals surface area contributed by atoms with E-state index in [1.54, 1.807) is 31.2 Å². The lowest BCUT2D eigenvalue weighted by molar-refractivity contribution is -0.144. The summed E-state index contributed by atoms with van der Waals surface area (Å²) < 4.78 is 0. The molecule has 0 fully saturated rings. The molecule has 0 saturated carbocycles. The van der Waals surface area contributed by atoms with E-state index in [0.717, 1.165) is 5.69 Å². The first-order valence-electron chi connectivity index (χ1n) is 9.94. The standard InChI is InChI=1S/C19H22N10O5/c1-10-21-9-22-17(23-10)24-11-2-4-12(5-3-11)25-18-27-16(20-6-7-30)28-19(29-18)26-13(15(33)34)8-14(31)32/h2-5,9,13,30H,6-8H2,1H3,(H,31,32)(H,33,34)(H,21,22,23,24)(H3,20,25,26,27,28,29). The fourth-order valence-corrected chi connectivity index (χ4v) is 2.61. The van der Waals surface area contributed by atoms with Gasteiger partial charge in [0, 0.05) is 17.9 Å². The number of hydrogen-bond donors (Lipinski definition) is 7. The Hall–Kier alpha value is -4.66. The number of benzene rings is 1. The molecular formula is C19H22N10O5. The maximum absolute atomic E-state index is 11.4. The Labute approximate surface area is 192 Å². The minimum absolute atomic E-state index is 0.0528. The molecule has 178 valence electrons. The van der Waals surface area contributed by atoms with Crippen LogP contribution in [0.2, 0.25) is 0 Å². The van der Waals surface area contributed by atoms with E-state index in [0.29, 0.717) is 17.5 Å². The van der Waals surface area contributed by atoms with Crippen molar-refractivity contribution in [2.75, 3.05) is 34.4 Å². The lowest BCUT2D eigenvalue weighted by atomic mass is 10.2. The van der Waals surface area contributed by atoms with E-state index in [2.05, 4.69) is 51.2 Å². The minimum Gasteiger partial charge on any atom is -0.481 e. The number of aliphatic hydroxyl groups excluding tert-OH is 1. The normalized spacial score (nSPS) is 11.4. The van der Waals surface area contributed by atoms with E-state index >= 15 is 0 Å². The zero-order valence-corrected chi connectivity index (χ0v) is 17.9. The van der Waals surface area contributed by atoms with Gasteiger partial charge in [0.25, 0.3) is 0 Å². The minimum atomic E-state index is -1.46. The second kappa shape index (κ2) is 11.3. The maximum Gasteiger partial charge on any atom is 0.326 e. The number of hydrogen-bond acceptors (Lipinski definition) is 13. The summed E-state index contributed by atoms with van der Waals surface area (Å²) >= 11 is 0. The number of carboxylic acid groups (broad SMARTS) is 2. The van der Waals surface area contributed by atoms with E-state index < -0.39 is 24.4 Å². The van der Waals surface area contributed by atoms with Crippen LogP contribution in [-0.4, -0.2) is 76.4 Å². The van der Waals surface area contributed by atoms with Crippen molar-refractivity contribution in [3.05, 3.63) is 36.4 Å². The molecule has 34 heavy (non-hydrogen) atoms. The highest BCUT2D eigenvalue weighted by molar-refractivity contribution is 5.83. The molecule has 0 radical (unpaired) electrons. The van der Waals surface area contributed by atoms with Crippen LogP contribution in [0.15, 0.2) is 30.6 Å². The second-order valence-corrected chi connectivity index (χ2v) is 6.77. The van der Waals surface area contributed by atoms with Crippen LogP contribution in [0.3, 0.4) is 0 Å². The number of rotatable bonds is 12. The van der Waals surface area contributed by atoms with Crippen molar-refractivity contribution >= 4 is 47.1 Å². The zero-order valence-electron chi connectivity index (χ0n) is 17.9. The molecule has 15 nitrogen and oxygen atoms in total. The molecule has 3 aromatic rings. The van der Waals surface area contributed by atoms with Gasteiger partial charge in [-0.3, -0.25) is 4.79 Å². The molecule has 3 rings (SSSR count). The lowest BCUT2D eigenvalue weighted by Crippen LogP contribution is -2.32. The Kier molecular flexibility index (Phi) is 7.96. The Bertz CT molecular complexity index is 1140. The average Bonchev–Trinajstić information content (AvgIpc) is 2.78. The van der Waals surface area contributed by atoms with Gasteiger partial charge >= 0.3 is 11.9 Å². The number of nitrogens with one attached hydrogen (secondary N) is 4. The summed E-state index contributed by atoms with van der Waals surface area (Å²) in [5.41, 5.74) is 1.32. The number of nitrogens with zero attached hydrogens (tertiary/aromatic N) is 6. The zero-order chi connectivity index (χ0) is 24.5. The highest BCUT2D eigenvalue weighted by atomic mass is 16.4. The van der Waals surface area contributed by atoms with Crippen molar-refractivity contribution in [2.45, 2.75) is 19.4 Å². The number of carboxylic acids is 2. The van der Waals surface area contributed by atoms with Crippen molar-refractivity contribution < 1.29 is 24.9 Å². The van der Waals surface area contributed by atoms with E-state index in [1.165, 1.54) is 6.33 Å². The lowest BCUT2D eigenvalue weighted by Gasteiger charge is -2.14. The van der Waals surface area contributed by atoms with Crippen molar-refractivity contribution in [3.63, 3.8) is 0 Å². The van der Waals surface area contributed by atoms with Crippen molar-refractivity contribution in [1.29, 1.82) is 0 Å². The SMILES string of the molecule is Cc1ncnc(Nc2ccc(Nc3nc(NCCO)nc(NC(CC(=O)O)C(=O)O)n3)cc2)n1. The molecule has 2 heterocycles. The molecule has 7 N–H and O–H groups in total. The predicted octanol–water partition coefficient (Wildman–Crippen LogP) is 0.596. The third-order valence-electron chi connectivity index (χ3n) is 4.10. The Balaban J connectivity index is 1.77. The fraction of sp³-hybridized carbons (Fsp3) is 0.263. The smallest absolute Gasteiger partial charge is 0.326 e. The van der Waals surface area contributed by atoms with Crippen LogP contribution in [0.1, 0.15) is 12.2 Å². The first kappa shape index (κ1) is 24.0. The van der Waals surface area contributed by atoms with Gasteiger partial charge in [-0.1, -0.05) is 0 Å². The molecule has 0 aliphatic rings. The van der Waals surface area contributed by atoms with Gasteiger partial charge in [-0.15, -0.1) is 0 Å². The van der Waals surface area contributed by atoms with Crippen LogP contribution in [0.4, 0.5) is 35.2 Å². The van der Waals surface area contributed by atoms with Crippen molar-refractivity contribution in [2.24, 2.45) is 0 Å². The number of aliphatic hydroxyl groups is 1. The summed E-state index contributed by atoms with van der Waals surface area (Å²) in [5.74, 6) is -1.74. The molecule has 15 heteroatoms. The van der Waals surface area contributed by atoms with Gasteiger partial charge in [-0.05, 0) is 31.2 Å². The number of aryl methyl sites for hydroxylation is 1. The highest BCUT2D eigenvalue weighted by Crippen LogP contribution is 2.20. The molecule has 1 unspecified atom stereocenters. The monoisotopic (exact) mass is 470 g/mol. The van der Waals surface area contributed by atoms with Crippen LogP contribution in [0.5, 0.6) is 0 Å². The van der Waals surface area contributed by atoms with Gasteiger partial charge in [0.15, 0.2) is 0 Å². The summed E-state index contributed by atoms with van der Waals surface area (Å²) in [7, 11) is 0. The van der Waals surface area contributed by atoms with Crippen LogP contribution in [0.25, 0.3) is 0 Å². The largest absolute Gasteiger partial charge is 0.481 e. The molecule has 0 saturated heterocycles. The van der Waals surface area contributed by atoms with Gasteiger partial charge in [0.2, 0.25) is 23.8 Å². The maximum atomic E-state index is 11.4. The van der Waals surface area contributed by atoms with Crippen LogP contribution in [-0.2, 0) is 9.59 Å². The summed E-state index contributed by atoms with van der Waals surface area (Å²) in [5, 5.41) is 38.5. The Morgan fingerprint density at radius 1 is 0.882 bits per heavy atom. The highest BCUT2D eigenvalue weighted by Gasteiger charge is 2.22. The van der Waals surface area contributed by atoms with Crippen molar-refractivity contribution in [1.82, 2.24) is 29.9 Å². The molecule has 0 spiro atoms. The number of aromatic nitrogens is 6. The average molecular weight is 470 g/mol. The topological polar surface area (TPSA) is 220 Å². The fourth-order valence-electron chi connectivity index (χ4n) is 2.61. The quantitative estimate of drug-likeness (QED) is 0.192. The molecule has 0 bridgehead atoms. The summed E-state index contributed by atoms with van der Waals surface area (Å²) in [4.78, 5) is 46.8. The summed E-state index contributed by atoms with van der Waals surface area (Å²) in [6, 6.07) is 5.54. The molecule has 2 aromatic heterocycles. The summed E-state index contributed by atoms with van der Waals surface area (Å²) in [6.07, 6.45) is 0.721. The molecule has 1 aromatic carbocycles. The molecule has 0 aliphatic heterocycles. The van der Waals surface area contributed by atoms with Gasteiger partial charge in [-0.2, -0.15) is 19.9 Å². The number of aliphatic carboxylic acids is 2. The predicted molar refractivity (Wildman–Crippen MR) is 120 cm³/mol. The van der Waals surface area contributed by atoms with Crippen LogP contribution >= 0.6 is 0 Å². The van der Waals surface area contributed by atoms with E-state index in [-0.39, 0.29) is 31.0 Å². The first-order chi connectivity index (χ1) is 16.3. The van der Waals surface area contributed by atoms with E-state index in [4.69, 9.17) is 10.2 Å². The molecule has 1 atom stereocenters. The van der Waals surface area contributed by atoms with E-state index in [9.17, 15) is 14.7 Å². The van der Waals surface area contributed by atoms with Gasteiger partial charge in [-0.25, -0.2) is 14.8 Å². The first-order valence-corrected chi connectivity index (χ1v) is 9.94. The van der Waals surface area contributed by atoms with Crippen LogP contribution < -0.4 is 21.3 Å². The van der Waals surface area contributed by atoms with Gasteiger partial charge in [0.05, 0.1) is 13.0 Å². The van der Waals surface area contributed by atoms with Gasteiger partial charge < -0.3 is 36.6 Å². The van der Waals surface area contributed by atoms with Crippen molar-refractivity contribution in [3.8, 4) is 0 Å². The third-order valence-corrected chi connectivity index (χ3v) is 4.10. The van der Waals surface area contributed by atoms with Crippen LogP contribution in [0, 0.1) is 6.92 Å². The van der Waals surface area contributed by atoms with Gasteiger partial charge in [0.1, 0.15) is 18.2 Å². The summed E-state index contributed by atoms with van der Waals surface area (Å²) in [6.45, 7) is 1.70. The third kappa shape index (κ3) is 7.20. The number of anilines is 6. The Morgan fingerprint density at radius 3 is 2.09 bits per heavy atom. The molecule has 0 amide bonds.